The van der Waals surface area contributed by atoms with Gasteiger partial charge >= 0.3 is 5.97 Å². The first kappa shape index (κ1) is 19.3. The number of benzene rings is 1. The first-order chi connectivity index (χ1) is 12.5. The lowest BCUT2D eigenvalue weighted by atomic mass is 10.2. The molecule has 0 unspecified atom stereocenters. The van der Waals surface area contributed by atoms with E-state index >= 15 is 0 Å². The second kappa shape index (κ2) is 9.47. The van der Waals surface area contributed by atoms with Crippen molar-refractivity contribution < 1.29 is 14.3 Å². The van der Waals surface area contributed by atoms with Crippen molar-refractivity contribution in [2.24, 2.45) is 0 Å². The second-order valence-corrected chi connectivity index (χ2v) is 5.89. The Morgan fingerprint density at radius 1 is 1.12 bits per heavy atom. The number of nitrogens with one attached hydrogen (secondary N) is 2. The summed E-state index contributed by atoms with van der Waals surface area (Å²) in [6.07, 6.45) is 3.78. The predicted octanol–water partition coefficient (Wildman–Crippen LogP) is 1.69. The number of esters is 1. The summed E-state index contributed by atoms with van der Waals surface area (Å²) in [5.41, 5.74) is 1.47. The van der Waals surface area contributed by atoms with Gasteiger partial charge in [-0.15, -0.1) is 0 Å². The van der Waals surface area contributed by atoms with Gasteiger partial charge < -0.3 is 20.3 Å². The van der Waals surface area contributed by atoms with E-state index in [0.29, 0.717) is 17.9 Å². The van der Waals surface area contributed by atoms with Crippen LogP contribution in [-0.2, 0) is 4.74 Å². The molecule has 0 saturated carbocycles. The number of hydrogen-bond acceptors (Lipinski definition) is 7. The van der Waals surface area contributed by atoms with Crippen LogP contribution in [0.5, 0.6) is 0 Å². The molecule has 0 aliphatic carbocycles. The average molecular weight is 357 g/mol. The molecular formula is C18H23N5O3. The van der Waals surface area contributed by atoms with Gasteiger partial charge in [-0.3, -0.25) is 4.79 Å². The van der Waals surface area contributed by atoms with Crippen LogP contribution < -0.4 is 10.6 Å². The first-order valence-electron chi connectivity index (χ1n) is 8.20. The molecule has 26 heavy (non-hydrogen) atoms. The third-order valence-electron chi connectivity index (χ3n) is 3.53. The third-order valence-corrected chi connectivity index (χ3v) is 3.53. The van der Waals surface area contributed by atoms with E-state index in [9.17, 15) is 9.59 Å². The number of hydrogen-bond donors (Lipinski definition) is 2. The molecule has 2 aromatic rings. The van der Waals surface area contributed by atoms with Crippen molar-refractivity contribution in [1.29, 1.82) is 0 Å². The maximum absolute atomic E-state index is 12.0. The van der Waals surface area contributed by atoms with Crippen molar-refractivity contribution in [2.45, 2.75) is 6.42 Å². The number of carbonyl (C=O) groups excluding carboxylic acids is 2. The molecule has 0 spiro atoms. The van der Waals surface area contributed by atoms with E-state index in [2.05, 4.69) is 30.2 Å². The minimum Gasteiger partial charge on any atom is -0.465 e. The smallest absolute Gasteiger partial charge is 0.337 e. The van der Waals surface area contributed by atoms with Crippen molar-refractivity contribution in [3.63, 3.8) is 0 Å². The highest BCUT2D eigenvalue weighted by Crippen LogP contribution is 2.15. The average Bonchev–Trinajstić information content (AvgIpc) is 2.65. The Morgan fingerprint density at radius 3 is 2.42 bits per heavy atom. The number of ether oxygens (including phenoxy) is 1. The fourth-order valence-electron chi connectivity index (χ4n) is 2.15. The molecule has 2 N–H and O–H groups in total. The Kier molecular flexibility index (Phi) is 7.04. The molecule has 1 heterocycles. The van der Waals surface area contributed by atoms with E-state index in [-0.39, 0.29) is 11.6 Å². The summed E-state index contributed by atoms with van der Waals surface area (Å²) < 4.78 is 4.65. The maximum Gasteiger partial charge on any atom is 0.337 e. The van der Waals surface area contributed by atoms with Crippen molar-refractivity contribution in [1.82, 2.24) is 20.2 Å². The maximum atomic E-state index is 12.0. The molecule has 1 aromatic heterocycles. The molecule has 138 valence electrons. The van der Waals surface area contributed by atoms with E-state index in [4.69, 9.17) is 0 Å². The Bertz CT molecular complexity index is 729. The summed E-state index contributed by atoms with van der Waals surface area (Å²) in [4.78, 5) is 33.8. The van der Waals surface area contributed by atoms with Gasteiger partial charge in [0.25, 0.3) is 5.91 Å². The number of methoxy groups -OCH3 is 1. The van der Waals surface area contributed by atoms with Crippen LogP contribution in [0.3, 0.4) is 0 Å². The fourth-order valence-corrected chi connectivity index (χ4v) is 2.15. The van der Waals surface area contributed by atoms with E-state index in [1.807, 2.05) is 14.1 Å². The lowest BCUT2D eigenvalue weighted by Crippen LogP contribution is -2.27. The molecule has 0 bridgehead atoms. The van der Waals surface area contributed by atoms with Gasteiger partial charge in [0.2, 0.25) is 0 Å². The van der Waals surface area contributed by atoms with Crippen molar-refractivity contribution >= 4 is 23.4 Å². The van der Waals surface area contributed by atoms with E-state index in [0.717, 1.165) is 18.7 Å². The van der Waals surface area contributed by atoms with Crippen LogP contribution in [0.25, 0.3) is 0 Å². The Morgan fingerprint density at radius 2 is 1.85 bits per heavy atom. The molecule has 0 saturated heterocycles. The monoisotopic (exact) mass is 357 g/mol. The summed E-state index contributed by atoms with van der Waals surface area (Å²) in [6, 6.07) is 6.77. The zero-order valence-electron chi connectivity index (χ0n) is 15.2. The van der Waals surface area contributed by atoms with Gasteiger partial charge in [0.15, 0.2) is 0 Å². The van der Waals surface area contributed by atoms with E-state index in [1.165, 1.54) is 19.5 Å². The lowest BCUT2D eigenvalue weighted by Gasteiger charge is -2.10. The lowest BCUT2D eigenvalue weighted by molar-refractivity contribution is 0.0600. The molecule has 8 nitrogen and oxygen atoms in total. The third kappa shape index (κ3) is 5.82. The molecule has 0 fully saturated rings. The predicted molar refractivity (Wildman–Crippen MR) is 98.6 cm³/mol. The van der Waals surface area contributed by atoms with Crippen molar-refractivity contribution in [3.05, 3.63) is 47.9 Å². The number of rotatable bonds is 8. The largest absolute Gasteiger partial charge is 0.465 e. The van der Waals surface area contributed by atoms with Gasteiger partial charge in [0.1, 0.15) is 11.5 Å². The molecule has 0 aliphatic heterocycles. The fraction of sp³-hybridized carbons (Fsp3) is 0.333. The van der Waals surface area contributed by atoms with Crippen molar-refractivity contribution in [2.75, 3.05) is 39.6 Å². The number of aromatic nitrogens is 2. The molecule has 2 rings (SSSR count). The van der Waals surface area contributed by atoms with Crippen LogP contribution in [0, 0.1) is 0 Å². The number of amides is 1. The van der Waals surface area contributed by atoms with Crippen LogP contribution in [-0.4, -0.2) is 61.0 Å². The zero-order valence-corrected chi connectivity index (χ0v) is 15.2. The van der Waals surface area contributed by atoms with Crippen LogP contribution in [0.2, 0.25) is 0 Å². The minimum absolute atomic E-state index is 0.245. The molecular weight excluding hydrogens is 334 g/mol. The molecule has 0 aliphatic rings. The standard InChI is InChI=1S/C18H23N5O3/c1-23(2)10-4-9-19-17(24)15-11-21-16(12-20-15)22-14-7-5-13(6-8-14)18(25)26-3/h5-8,11-12H,4,9-10H2,1-3H3,(H,19,24)(H,21,22). The quantitative estimate of drug-likeness (QED) is 0.548. The van der Waals surface area contributed by atoms with Crippen LogP contribution >= 0.6 is 0 Å². The van der Waals surface area contributed by atoms with Gasteiger partial charge in [-0.05, 0) is 51.3 Å². The summed E-state index contributed by atoms with van der Waals surface area (Å²) >= 11 is 0. The Hall–Kier alpha value is -3.00. The van der Waals surface area contributed by atoms with Gasteiger partial charge in [-0.2, -0.15) is 0 Å². The molecule has 0 atom stereocenters. The molecule has 1 aromatic carbocycles. The minimum atomic E-state index is -0.391. The topological polar surface area (TPSA) is 96.4 Å². The summed E-state index contributed by atoms with van der Waals surface area (Å²) in [7, 11) is 5.31. The highest BCUT2D eigenvalue weighted by Gasteiger charge is 2.08. The van der Waals surface area contributed by atoms with Gasteiger partial charge in [-0.1, -0.05) is 0 Å². The van der Waals surface area contributed by atoms with Crippen molar-refractivity contribution in [3.8, 4) is 0 Å². The van der Waals surface area contributed by atoms with Gasteiger partial charge in [0.05, 0.1) is 25.1 Å². The van der Waals surface area contributed by atoms with E-state index in [1.54, 1.807) is 24.3 Å². The van der Waals surface area contributed by atoms with Crippen LogP contribution in [0.4, 0.5) is 11.5 Å². The van der Waals surface area contributed by atoms with Crippen LogP contribution in [0.15, 0.2) is 36.7 Å². The SMILES string of the molecule is COC(=O)c1ccc(Nc2cnc(C(=O)NCCCN(C)C)cn2)cc1. The molecule has 0 radical (unpaired) electrons. The number of carbonyl (C=O) groups is 2. The first-order valence-corrected chi connectivity index (χ1v) is 8.20. The summed E-state index contributed by atoms with van der Waals surface area (Å²) in [5, 5.41) is 5.87. The zero-order chi connectivity index (χ0) is 18.9. The Balaban J connectivity index is 1.88. The summed E-state index contributed by atoms with van der Waals surface area (Å²) in [5.74, 6) is -0.137. The van der Waals surface area contributed by atoms with E-state index < -0.39 is 5.97 Å². The van der Waals surface area contributed by atoms with Gasteiger partial charge in [-0.25, -0.2) is 14.8 Å². The molecule has 8 heteroatoms. The highest BCUT2D eigenvalue weighted by atomic mass is 16.5. The Labute approximate surface area is 152 Å². The number of nitrogens with zero attached hydrogens (tertiary/aromatic N) is 3. The van der Waals surface area contributed by atoms with Gasteiger partial charge in [0, 0.05) is 12.2 Å². The second-order valence-electron chi connectivity index (χ2n) is 5.89. The van der Waals surface area contributed by atoms with Crippen LogP contribution in [0.1, 0.15) is 27.3 Å². The molecule has 1 amide bonds. The highest BCUT2D eigenvalue weighted by molar-refractivity contribution is 5.92. The summed E-state index contributed by atoms with van der Waals surface area (Å²) in [6.45, 7) is 1.49. The normalized spacial score (nSPS) is 10.5. The number of anilines is 2.